The highest BCUT2D eigenvalue weighted by Gasteiger charge is 2.12. The highest BCUT2D eigenvalue weighted by Crippen LogP contribution is 2.31. The molecule has 3 heteroatoms. The van der Waals surface area contributed by atoms with Gasteiger partial charge in [-0.25, -0.2) is 0 Å². The summed E-state index contributed by atoms with van der Waals surface area (Å²) in [4.78, 5) is 0. The Kier molecular flexibility index (Phi) is 4.13. The minimum atomic E-state index is 0.460. The normalized spacial score (nSPS) is 11.9. The van der Waals surface area contributed by atoms with Gasteiger partial charge in [0.2, 0.25) is 0 Å². The van der Waals surface area contributed by atoms with Crippen molar-refractivity contribution in [1.29, 1.82) is 0 Å². The second-order valence-corrected chi connectivity index (χ2v) is 6.23. The molecule has 0 aliphatic carbocycles. The number of hydrogen-bond acceptors (Lipinski definition) is 2. The summed E-state index contributed by atoms with van der Waals surface area (Å²) in [5.74, 6) is 1.46. The van der Waals surface area contributed by atoms with Gasteiger partial charge in [-0.05, 0) is 29.7 Å². The van der Waals surface area contributed by atoms with Crippen molar-refractivity contribution in [3.8, 4) is 0 Å². The van der Waals surface area contributed by atoms with Crippen LogP contribution in [0, 0.1) is 0 Å². The fourth-order valence-electron chi connectivity index (χ4n) is 2.02. The molecular weight excluding hydrogens is 290 g/mol. The third-order valence-corrected chi connectivity index (χ3v) is 3.43. The number of hydrogen-bond donors (Lipinski definition) is 1. The van der Waals surface area contributed by atoms with Crippen molar-refractivity contribution in [2.24, 2.45) is 0 Å². The molecule has 0 bridgehead atoms. The summed E-state index contributed by atoms with van der Waals surface area (Å²) in [5, 5.41) is 4.56. The highest BCUT2D eigenvalue weighted by atomic mass is 79.9. The first-order chi connectivity index (χ1) is 8.47. The molecule has 98 valence electrons. The SMILES string of the molecule is CC(C)NCc1cc2cc(Br)cc(C(C)C)c2o1. The summed E-state index contributed by atoms with van der Waals surface area (Å²) in [5.41, 5.74) is 2.28. The van der Waals surface area contributed by atoms with Gasteiger partial charge in [-0.2, -0.15) is 0 Å². The number of furan rings is 1. The topological polar surface area (TPSA) is 25.2 Å². The number of benzene rings is 1. The predicted molar refractivity (Wildman–Crippen MR) is 80.0 cm³/mol. The van der Waals surface area contributed by atoms with Crippen LogP contribution < -0.4 is 5.32 Å². The standard InChI is InChI=1S/C15H20BrNO/c1-9(2)14-7-12(16)5-11-6-13(18-15(11)14)8-17-10(3)4/h5-7,9-10,17H,8H2,1-4H3. The van der Waals surface area contributed by atoms with Crippen LogP contribution in [0.5, 0.6) is 0 Å². The number of rotatable bonds is 4. The van der Waals surface area contributed by atoms with Crippen LogP contribution in [0.3, 0.4) is 0 Å². The molecule has 1 N–H and O–H groups in total. The average Bonchev–Trinajstić information content (AvgIpc) is 2.67. The van der Waals surface area contributed by atoms with E-state index in [1.54, 1.807) is 0 Å². The minimum Gasteiger partial charge on any atom is -0.459 e. The second kappa shape index (κ2) is 5.45. The molecule has 0 fully saturated rings. The molecule has 2 nitrogen and oxygen atoms in total. The first-order valence-electron chi connectivity index (χ1n) is 6.42. The summed E-state index contributed by atoms with van der Waals surface area (Å²) in [6.45, 7) is 9.44. The summed E-state index contributed by atoms with van der Waals surface area (Å²) >= 11 is 3.57. The first-order valence-corrected chi connectivity index (χ1v) is 7.22. The van der Waals surface area contributed by atoms with Gasteiger partial charge in [-0.15, -0.1) is 0 Å². The van der Waals surface area contributed by atoms with Gasteiger partial charge in [-0.3, -0.25) is 0 Å². The van der Waals surface area contributed by atoms with Crippen LogP contribution >= 0.6 is 15.9 Å². The fourth-order valence-corrected chi connectivity index (χ4v) is 2.51. The Bertz CT molecular complexity index is 543. The maximum atomic E-state index is 5.98. The van der Waals surface area contributed by atoms with Crippen molar-refractivity contribution in [3.05, 3.63) is 34.0 Å². The summed E-state index contributed by atoms with van der Waals surface area (Å²) in [6.07, 6.45) is 0. The average molecular weight is 310 g/mol. The molecule has 0 saturated carbocycles. The van der Waals surface area contributed by atoms with Gasteiger partial charge >= 0.3 is 0 Å². The number of halogens is 1. The zero-order valence-electron chi connectivity index (χ0n) is 11.4. The van der Waals surface area contributed by atoms with E-state index in [0.717, 1.165) is 22.4 Å². The highest BCUT2D eigenvalue weighted by molar-refractivity contribution is 9.10. The van der Waals surface area contributed by atoms with E-state index < -0.39 is 0 Å². The Hall–Kier alpha value is -0.800. The van der Waals surface area contributed by atoms with Gasteiger partial charge in [0.15, 0.2) is 0 Å². The molecule has 0 unspecified atom stereocenters. The third kappa shape index (κ3) is 2.96. The van der Waals surface area contributed by atoms with Crippen molar-refractivity contribution < 1.29 is 4.42 Å². The predicted octanol–water partition coefficient (Wildman–Crippen LogP) is 4.82. The number of nitrogens with one attached hydrogen (secondary N) is 1. The molecule has 0 amide bonds. The Morgan fingerprint density at radius 1 is 1.17 bits per heavy atom. The monoisotopic (exact) mass is 309 g/mol. The van der Waals surface area contributed by atoms with Crippen LogP contribution in [0.2, 0.25) is 0 Å². The van der Waals surface area contributed by atoms with E-state index in [4.69, 9.17) is 4.42 Å². The maximum absolute atomic E-state index is 5.98. The van der Waals surface area contributed by atoms with E-state index in [1.807, 2.05) is 0 Å². The van der Waals surface area contributed by atoms with E-state index in [9.17, 15) is 0 Å². The van der Waals surface area contributed by atoms with E-state index in [-0.39, 0.29) is 0 Å². The van der Waals surface area contributed by atoms with E-state index in [2.05, 4.69) is 67.1 Å². The zero-order valence-corrected chi connectivity index (χ0v) is 13.0. The lowest BCUT2D eigenvalue weighted by Crippen LogP contribution is -2.21. The molecule has 1 aromatic carbocycles. The third-order valence-electron chi connectivity index (χ3n) is 2.97. The number of fused-ring (bicyclic) bond motifs is 1. The Balaban J connectivity index is 2.40. The van der Waals surface area contributed by atoms with Crippen LogP contribution in [-0.2, 0) is 6.54 Å². The van der Waals surface area contributed by atoms with E-state index in [1.165, 1.54) is 10.9 Å². The van der Waals surface area contributed by atoms with E-state index in [0.29, 0.717) is 12.0 Å². The Morgan fingerprint density at radius 2 is 1.89 bits per heavy atom. The smallest absolute Gasteiger partial charge is 0.137 e. The van der Waals surface area contributed by atoms with E-state index >= 15 is 0 Å². The molecule has 0 spiro atoms. The summed E-state index contributed by atoms with van der Waals surface area (Å²) in [6, 6.07) is 6.86. The Morgan fingerprint density at radius 3 is 2.50 bits per heavy atom. The van der Waals surface area contributed by atoms with Gasteiger partial charge in [-0.1, -0.05) is 43.6 Å². The van der Waals surface area contributed by atoms with Crippen LogP contribution in [0.25, 0.3) is 11.0 Å². The Labute approximate surface area is 117 Å². The molecule has 2 rings (SSSR count). The molecule has 0 radical (unpaired) electrons. The zero-order chi connectivity index (χ0) is 13.3. The van der Waals surface area contributed by atoms with Crippen molar-refractivity contribution in [2.75, 3.05) is 0 Å². The molecular formula is C15H20BrNO. The molecule has 0 aliphatic rings. The summed E-state index contributed by atoms with van der Waals surface area (Å²) in [7, 11) is 0. The van der Waals surface area contributed by atoms with Crippen LogP contribution in [-0.4, -0.2) is 6.04 Å². The van der Waals surface area contributed by atoms with Crippen molar-refractivity contribution in [1.82, 2.24) is 5.32 Å². The maximum Gasteiger partial charge on any atom is 0.137 e. The molecule has 1 heterocycles. The fraction of sp³-hybridized carbons (Fsp3) is 0.467. The van der Waals surface area contributed by atoms with Crippen LogP contribution in [0.4, 0.5) is 0 Å². The van der Waals surface area contributed by atoms with Gasteiger partial charge in [0.05, 0.1) is 6.54 Å². The molecule has 0 atom stereocenters. The lowest BCUT2D eigenvalue weighted by atomic mass is 10.0. The van der Waals surface area contributed by atoms with Gasteiger partial charge < -0.3 is 9.73 Å². The molecule has 0 aliphatic heterocycles. The quantitative estimate of drug-likeness (QED) is 0.876. The van der Waals surface area contributed by atoms with Gasteiger partial charge in [0.1, 0.15) is 11.3 Å². The second-order valence-electron chi connectivity index (χ2n) is 5.32. The molecule has 18 heavy (non-hydrogen) atoms. The minimum absolute atomic E-state index is 0.460. The van der Waals surface area contributed by atoms with Gasteiger partial charge in [0.25, 0.3) is 0 Å². The van der Waals surface area contributed by atoms with Crippen molar-refractivity contribution >= 4 is 26.9 Å². The first kappa shape index (κ1) is 13.6. The summed E-state index contributed by atoms with van der Waals surface area (Å²) < 4.78 is 7.10. The molecule has 0 saturated heterocycles. The lowest BCUT2D eigenvalue weighted by Gasteiger charge is -2.07. The van der Waals surface area contributed by atoms with Crippen molar-refractivity contribution in [3.63, 3.8) is 0 Å². The lowest BCUT2D eigenvalue weighted by molar-refractivity contribution is 0.486. The van der Waals surface area contributed by atoms with Crippen molar-refractivity contribution in [2.45, 2.75) is 46.2 Å². The molecule has 1 aromatic heterocycles. The largest absolute Gasteiger partial charge is 0.459 e. The molecule has 2 aromatic rings. The van der Waals surface area contributed by atoms with Crippen LogP contribution in [0.15, 0.2) is 27.1 Å². The van der Waals surface area contributed by atoms with Gasteiger partial charge in [0, 0.05) is 15.9 Å². The van der Waals surface area contributed by atoms with Crippen LogP contribution in [0.1, 0.15) is 44.9 Å².